The second-order valence-corrected chi connectivity index (χ2v) is 5.51. The zero-order valence-electron chi connectivity index (χ0n) is 8.63. The largest absolute Gasteiger partial charge is 0.278 e. The maximum absolute atomic E-state index is 11.8. The molecule has 1 aromatic carbocycles. The van der Waals surface area contributed by atoms with Crippen LogP contribution < -0.4 is 4.90 Å². The average molecular weight is 382 g/mol. The predicted octanol–water partition coefficient (Wildman–Crippen LogP) is 3.16. The lowest BCUT2D eigenvalue weighted by molar-refractivity contribution is -0.120. The van der Waals surface area contributed by atoms with Crippen molar-refractivity contribution in [3.05, 3.63) is 37.4 Å². The molecular weight excluding hydrogens is 376 g/mol. The molecule has 2 amide bonds. The maximum atomic E-state index is 11.8. The van der Waals surface area contributed by atoms with Gasteiger partial charge in [0.05, 0.1) is 5.69 Å². The highest BCUT2D eigenvalue weighted by molar-refractivity contribution is 14.1. The van der Waals surface area contributed by atoms with E-state index in [1.807, 2.05) is 19.1 Å². The van der Waals surface area contributed by atoms with Gasteiger partial charge >= 0.3 is 0 Å². The number of hydrogen-bond acceptors (Lipinski definition) is 2. The average Bonchev–Trinajstić information content (AvgIpc) is 2.45. The minimum atomic E-state index is -0.578. The van der Waals surface area contributed by atoms with E-state index in [0.717, 1.165) is 14.0 Å². The van der Waals surface area contributed by atoms with Crippen LogP contribution in [0.15, 0.2) is 28.3 Å². The van der Waals surface area contributed by atoms with Gasteiger partial charge in [-0.05, 0) is 53.3 Å². The molecular formula is C11H6Cl2INO2. The second kappa shape index (κ2) is 4.59. The Morgan fingerprint density at radius 3 is 2.12 bits per heavy atom. The third-order valence-electron chi connectivity index (χ3n) is 2.37. The van der Waals surface area contributed by atoms with Gasteiger partial charge in [-0.15, -0.1) is 0 Å². The summed E-state index contributed by atoms with van der Waals surface area (Å²) in [4.78, 5) is 24.6. The number of carbonyl (C=O) groups is 2. The van der Waals surface area contributed by atoms with Gasteiger partial charge in [-0.1, -0.05) is 23.2 Å². The van der Waals surface area contributed by atoms with Crippen molar-refractivity contribution in [2.75, 3.05) is 4.90 Å². The second-order valence-electron chi connectivity index (χ2n) is 3.50. The van der Waals surface area contributed by atoms with Crippen LogP contribution >= 0.6 is 45.8 Å². The Hall–Kier alpha value is -0.590. The zero-order valence-corrected chi connectivity index (χ0v) is 12.3. The Balaban J connectivity index is 2.50. The molecule has 0 N–H and O–H groups in total. The molecule has 1 heterocycles. The van der Waals surface area contributed by atoms with E-state index in [-0.39, 0.29) is 10.1 Å². The van der Waals surface area contributed by atoms with Crippen LogP contribution in [-0.4, -0.2) is 11.8 Å². The number of rotatable bonds is 1. The SMILES string of the molecule is Cc1cc(I)ccc1N1C(=O)C(Cl)=C(Cl)C1=O. The van der Waals surface area contributed by atoms with Crippen LogP contribution in [0, 0.1) is 10.5 Å². The fourth-order valence-electron chi connectivity index (χ4n) is 1.56. The lowest BCUT2D eigenvalue weighted by Gasteiger charge is -2.16. The fraction of sp³-hybridized carbons (Fsp3) is 0.0909. The van der Waals surface area contributed by atoms with E-state index in [2.05, 4.69) is 22.6 Å². The van der Waals surface area contributed by atoms with Crippen LogP contribution in [0.4, 0.5) is 5.69 Å². The molecule has 0 aromatic heterocycles. The molecule has 0 aliphatic carbocycles. The van der Waals surface area contributed by atoms with Crippen molar-refractivity contribution < 1.29 is 9.59 Å². The molecule has 0 fully saturated rings. The summed E-state index contributed by atoms with van der Waals surface area (Å²) in [6.45, 7) is 1.82. The highest BCUT2D eigenvalue weighted by Gasteiger charge is 2.38. The van der Waals surface area contributed by atoms with Crippen molar-refractivity contribution in [1.82, 2.24) is 0 Å². The van der Waals surface area contributed by atoms with E-state index in [0.29, 0.717) is 5.69 Å². The summed E-state index contributed by atoms with van der Waals surface area (Å²) in [5.74, 6) is -1.16. The van der Waals surface area contributed by atoms with Gasteiger partial charge in [-0.3, -0.25) is 9.59 Å². The quantitative estimate of drug-likeness (QED) is 0.553. The lowest BCUT2D eigenvalue weighted by Crippen LogP contribution is -2.31. The smallest absolute Gasteiger partial charge is 0.267 e. The van der Waals surface area contributed by atoms with Crippen LogP contribution in [-0.2, 0) is 9.59 Å². The summed E-state index contributed by atoms with van der Waals surface area (Å²) in [5, 5.41) is -0.454. The molecule has 1 aliphatic rings. The van der Waals surface area contributed by atoms with Gasteiger partial charge in [-0.2, -0.15) is 0 Å². The van der Waals surface area contributed by atoms with Gasteiger partial charge in [0.1, 0.15) is 10.1 Å². The normalized spacial score (nSPS) is 16.1. The van der Waals surface area contributed by atoms with E-state index < -0.39 is 11.8 Å². The first-order valence-corrected chi connectivity index (χ1v) is 6.47. The summed E-state index contributed by atoms with van der Waals surface area (Å²) in [6, 6.07) is 5.38. The summed E-state index contributed by atoms with van der Waals surface area (Å²) in [6.07, 6.45) is 0. The van der Waals surface area contributed by atoms with Crippen molar-refractivity contribution in [2.45, 2.75) is 6.92 Å². The Kier molecular flexibility index (Phi) is 3.47. The topological polar surface area (TPSA) is 37.4 Å². The number of imide groups is 1. The first kappa shape index (κ1) is 12.9. The highest BCUT2D eigenvalue weighted by atomic mass is 127. The summed E-state index contributed by atoms with van der Waals surface area (Å²) in [5.41, 5.74) is 1.32. The Labute approximate surface area is 122 Å². The van der Waals surface area contributed by atoms with Gasteiger partial charge in [0, 0.05) is 3.57 Å². The van der Waals surface area contributed by atoms with Gasteiger partial charge in [-0.25, -0.2) is 4.90 Å². The number of anilines is 1. The number of halogens is 3. The first-order chi connectivity index (χ1) is 7.93. The molecule has 6 heteroatoms. The third kappa shape index (κ3) is 2.09. The molecule has 0 spiro atoms. The van der Waals surface area contributed by atoms with Crippen molar-refractivity contribution in [3.63, 3.8) is 0 Å². The lowest BCUT2D eigenvalue weighted by atomic mass is 10.2. The van der Waals surface area contributed by atoms with Crippen molar-refractivity contribution in [2.24, 2.45) is 0 Å². The standard InChI is InChI=1S/C11H6Cl2INO2/c1-5-4-6(14)2-3-7(5)15-10(16)8(12)9(13)11(15)17/h2-4H,1H3. The molecule has 0 saturated heterocycles. The molecule has 1 aromatic rings. The minimum Gasteiger partial charge on any atom is -0.267 e. The molecule has 0 bridgehead atoms. The maximum Gasteiger partial charge on any atom is 0.278 e. The fourth-order valence-corrected chi connectivity index (χ4v) is 2.54. The number of aryl methyl sites for hydroxylation is 1. The van der Waals surface area contributed by atoms with E-state index in [1.54, 1.807) is 6.07 Å². The van der Waals surface area contributed by atoms with Gasteiger partial charge < -0.3 is 0 Å². The highest BCUT2D eigenvalue weighted by Crippen LogP contribution is 2.33. The number of amides is 2. The van der Waals surface area contributed by atoms with E-state index in [9.17, 15) is 9.59 Å². The predicted molar refractivity (Wildman–Crippen MR) is 75.1 cm³/mol. The summed E-state index contributed by atoms with van der Waals surface area (Å²) >= 11 is 13.5. The number of benzene rings is 1. The number of nitrogens with zero attached hydrogens (tertiary/aromatic N) is 1. The van der Waals surface area contributed by atoms with Crippen molar-refractivity contribution >= 4 is 63.3 Å². The van der Waals surface area contributed by atoms with Gasteiger partial charge in [0.2, 0.25) is 0 Å². The molecule has 3 nitrogen and oxygen atoms in total. The molecule has 0 atom stereocenters. The van der Waals surface area contributed by atoms with Crippen molar-refractivity contribution in [3.8, 4) is 0 Å². The van der Waals surface area contributed by atoms with Crippen LogP contribution in [0.1, 0.15) is 5.56 Å². The molecule has 1 aliphatic heterocycles. The first-order valence-electron chi connectivity index (χ1n) is 4.63. The molecule has 0 saturated carbocycles. The van der Waals surface area contributed by atoms with E-state index in [4.69, 9.17) is 23.2 Å². The van der Waals surface area contributed by atoms with Gasteiger partial charge in [0.15, 0.2) is 0 Å². The van der Waals surface area contributed by atoms with E-state index >= 15 is 0 Å². The molecule has 0 radical (unpaired) electrons. The Bertz CT molecular complexity index is 545. The molecule has 0 unspecified atom stereocenters. The van der Waals surface area contributed by atoms with Gasteiger partial charge in [0.25, 0.3) is 11.8 Å². The zero-order chi connectivity index (χ0) is 12.7. The van der Waals surface area contributed by atoms with Crippen LogP contribution in [0.5, 0.6) is 0 Å². The van der Waals surface area contributed by atoms with Crippen LogP contribution in [0.25, 0.3) is 0 Å². The minimum absolute atomic E-state index is 0.227. The van der Waals surface area contributed by atoms with E-state index in [1.165, 1.54) is 0 Å². The summed E-state index contributed by atoms with van der Waals surface area (Å²) < 4.78 is 1.02. The van der Waals surface area contributed by atoms with Crippen LogP contribution in [0.2, 0.25) is 0 Å². The molecule has 88 valence electrons. The number of carbonyl (C=O) groups excluding carboxylic acids is 2. The van der Waals surface area contributed by atoms with Crippen molar-refractivity contribution in [1.29, 1.82) is 0 Å². The van der Waals surface area contributed by atoms with Crippen LogP contribution in [0.3, 0.4) is 0 Å². The Morgan fingerprint density at radius 1 is 1.12 bits per heavy atom. The monoisotopic (exact) mass is 381 g/mol. The summed E-state index contributed by atoms with van der Waals surface area (Å²) in [7, 11) is 0. The molecule has 17 heavy (non-hydrogen) atoms. The third-order valence-corrected chi connectivity index (χ3v) is 3.84. The number of hydrogen-bond donors (Lipinski definition) is 0. The molecule has 2 rings (SSSR count). The Morgan fingerprint density at radius 2 is 1.65 bits per heavy atom.